The average molecular weight is 237 g/mol. The lowest BCUT2D eigenvalue weighted by molar-refractivity contribution is 0.0876. The van der Waals surface area contributed by atoms with Crippen molar-refractivity contribution in [2.24, 2.45) is 0 Å². The zero-order chi connectivity index (χ0) is 11.4. The third-order valence-corrected chi connectivity index (χ3v) is 2.86. The molecule has 1 saturated heterocycles. The average Bonchev–Trinajstić information content (AvgIpc) is 2.31. The Morgan fingerprint density at radius 3 is 3.06 bits per heavy atom. The molecule has 1 atom stereocenters. The fraction of sp³-hybridized carbons (Fsp3) is 0.417. The minimum Gasteiger partial charge on any atom is -0.379 e. The van der Waals surface area contributed by atoms with Crippen molar-refractivity contribution in [1.29, 1.82) is 5.26 Å². The summed E-state index contributed by atoms with van der Waals surface area (Å²) in [7, 11) is 0. The SMILES string of the molecule is N#Cc1ccc(Cl)cc1NC1CCCOC1. The molecule has 84 valence electrons. The predicted molar refractivity (Wildman–Crippen MR) is 63.6 cm³/mol. The van der Waals surface area contributed by atoms with Crippen molar-refractivity contribution in [3.8, 4) is 6.07 Å². The van der Waals surface area contributed by atoms with E-state index in [9.17, 15) is 0 Å². The third kappa shape index (κ3) is 2.66. The van der Waals surface area contributed by atoms with Crippen LogP contribution in [-0.4, -0.2) is 19.3 Å². The molecule has 1 aromatic rings. The van der Waals surface area contributed by atoms with Crippen LogP contribution in [0.25, 0.3) is 0 Å². The Balaban J connectivity index is 2.13. The quantitative estimate of drug-likeness (QED) is 0.859. The number of benzene rings is 1. The molecule has 1 aliphatic rings. The Hall–Kier alpha value is -1.24. The smallest absolute Gasteiger partial charge is 0.101 e. The van der Waals surface area contributed by atoms with Gasteiger partial charge < -0.3 is 10.1 Å². The molecule has 0 aromatic heterocycles. The van der Waals surface area contributed by atoms with Crippen LogP contribution in [0.5, 0.6) is 0 Å². The molecule has 0 saturated carbocycles. The maximum atomic E-state index is 8.97. The summed E-state index contributed by atoms with van der Waals surface area (Å²) in [5, 5.41) is 12.9. The number of ether oxygens (including phenoxy) is 1. The summed E-state index contributed by atoms with van der Waals surface area (Å²) in [4.78, 5) is 0. The first-order valence-corrected chi connectivity index (χ1v) is 5.71. The lowest BCUT2D eigenvalue weighted by Crippen LogP contribution is -2.30. The van der Waals surface area contributed by atoms with Gasteiger partial charge in [0.15, 0.2) is 0 Å². The van der Waals surface area contributed by atoms with Gasteiger partial charge in [0.05, 0.1) is 17.9 Å². The summed E-state index contributed by atoms with van der Waals surface area (Å²) in [6, 6.07) is 7.67. The molecule has 1 aromatic carbocycles. The van der Waals surface area contributed by atoms with E-state index in [2.05, 4.69) is 11.4 Å². The van der Waals surface area contributed by atoms with Crippen LogP contribution >= 0.6 is 11.6 Å². The van der Waals surface area contributed by atoms with Crippen LogP contribution in [0.2, 0.25) is 5.02 Å². The molecule has 0 bridgehead atoms. The molecule has 1 fully saturated rings. The van der Waals surface area contributed by atoms with E-state index in [1.54, 1.807) is 18.2 Å². The number of anilines is 1. The summed E-state index contributed by atoms with van der Waals surface area (Å²) in [6.07, 6.45) is 2.12. The Bertz CT molecular complexity index is 408. The molecule has 1 unspecified atom stereocenters. The number of nitrogens with zero attached hydrogens (tertiary/aromatic N) is 1. The van der Waals surface area contributed by atoms with E-state index in [1.807, 2.05) is 0 Å². The van der Waals surface area contributed by atoms with Gasteiger partial charge in [0.2, 0.25) is 0 Å². The first-order chi connectivity index (χ1) is 7.79. The van der Waals surface area contributed by atoms with Gasteiger partial charge in [0.1, 0.15) is 6.07 Å². The minimum absolute atomic E-state index is 0.277. The Morgan fingerprint density at radius 2 is 2.38 bits per heavy atom. The van der Waals surface area contributed by atoms with Crippen LogP contribution in [0.15, 0.2) is 18.2 Å². The summed E-state index contributed by atoms with van der Waals surface area (Å²) < 4.78 is 5.38. The number of halogens is 1. The summed E-state index contributed by atoms with van der Waals surface area (Å²) >= 11 is 5.91. The second-order valence-corrected chi connectivity index (χ2v) is 4.30. The zero-order valence-corrected chi connectivity index (χ0v) is 9.63. The molecular formula is C12H13ClN2O. The molecule has 2 rings (SSSR count). The highest BCUT2D eigenvalue weighted by Gasteiger charge is 2.15. The van der Waals surface area contributed by atoms with E-state index >= 15 is 0 Å². The Kier molecular flexibility index (Phi) is 3.66. The number of nitriles is 1. The van der Waals surface area contributed by atoms with Crippen LogP contribution in [0.4, 0.5) is 5.69 Å². The molecule has 3 nitrogen and oxygen atoms in total. The predicted octanol–water partition coefficient (Wildman–Crippen LogP) is 2.80. The van der Waals surface area contributed by atoms with Crippen molar-refractivity contribution < 1.29 is 4.74 Å². The first-order valence-electron chi connectivity index (χ1n) is 5.33. The molecule has 1 heterocycles. The first kappa shape index (κ1) is 11.3. The highest BCUT2D eigenvalue weighted by atomic mass is 35.5. The van der Waals surface area contributed by atoms with E-state index in [-0.39, 0.29) is 6.04 Å². The molecule has 0 aliphatic carbocycles. The van der Waals surface area contributed by atoms with E-state index in [0.717, 1.165) is 25.1 Å². The van der Waals surface area contributed by atoms with Crippen LogP contribution in [-0.2, 0) is 4.74 Å². The van der Waals surface area contributed by atoms with Gasteiger partial charge in [0.25, 0.3) is 0 Å². The van der Waals surface area contributed by atoms with Crippen molar-refractivity contribution in [3.05, 3.63) is 28.8 Å². The number of rotatable bonds is 2. The molecule has 4 heteroatoms. The van der Waals surface area contributed by atoms with Gasteiger partial charge in [-0.3, -0.25) is 0 Å². The van der Waals surface area contributed by atoms with Gasteiger partial charge in [-0.05, 0) is 31.0 Å². The highest BCUT2D eigenvalue weighted by molar-refractivity contribution is 6.30. The minimum atomic E-state index is 0.277. The largest absolute Gasteiger partial charge is 0.379 e. The van der Waals surface area contributed by atoms with Gasteiger partial charge in [-0.1, -0.05) is 11.6 Å². The molecule has 1 N–H and O–H groups in total. The fourth-order valence-corrected chi connectivity index (χ4v) is 1.98. The number of nitrogens with one attached hydrogen (secondary N) is 1. The standard InChI is InChI=1S/C12H13ClN2O/c13-10-4-3-9(7-14)12(6-10)15-11-2-1-5-16-8-11/h3-4,6,11,15H,1-2,5,8H2. The van der Waals surface area contributed by atoms with Crippen molar-refractivity contribution in [1.82, 2.24) is 0 Å². The summed E-state index contributed by atoms with van der Waals surface area (Å²) in [5.74, 6) is 0. The maximum Gasteiger partial charge on any atom is 0.101 e. The second-order valence-electron chi connectivity index (χ2n) is 3.86. The Morgan fingerprint density at radius 1 is 1.50 bits per heavy atom. The van der Waals surface area contributed by atoms with Crippen LogP contribution in [0.1, 0.15) is 18.4 Å². The van der Waals surface area contributed by atoms with E-state index in [4.69, 9.17) is 21.6 Å². The van der Waals surface area contributed by atoms with Gasteiger partial charge in [0, 0.05) is 17.7 Å². The molecule has 16 heavy (non-hydrogen) atoms. The fourth-order valence-electron chi connectivity index (χ4n) is 1.81. The normalized spacial score (nSPS) is 20.1. The van der Waals surface area contributed by atoms with Crippen LogP contribution in [0.3, 0.4) is 0 Å². The van der Waals surface area contributed by atoms with Crippen molar-refractivity contribution >= 4 is 17.3 Å². The highest BCUT2D eigenvalue weighted by Crippen LogP contribution is 2.22. The second kappa shape index (κ2) is 5.20. The topological polar surface area (TPSA) is 45.0 Å². The van der Waals surface area contributed by atoms with E-state index in [0.29, 0.717) is 17.2 Å². The molecule has 0 radical (unpaired) electrons. The van der Waals surface area contributed by atoms with Gasteiger partial charge >= 0.3 is 0 Å². The number of hydrogen-bond donors (Lipinski definition) is 1. The monoisotopic (exact) mass is 236 g/mol. The van der Waals surface area contributed by atoms with Crippen LogP contribution < -0.4 is 5.32 Å². The molecule has 1 aliphatic heterocycles. The van der Waals surface area contributed by atoms with Gasteiger partial charge in [-0.2, -0.15) is 5.26 Å². The zero-order valence-electron chi connectivity index (χ0n) is 8.87. The van der Waals surface area contributed by atoms with Crippen LogP contribution in [0, 0.1) is 11.3 Å². The van der Waals surface area contributed by atoms with Crippen molar-refractivity contribution in [2.75, 3.05) is 18.5 Å². The number of hydrogen-bond acceptors (Lipinski definition) is 3. The summed E-state index contributed by atoms with van der Waals surface area (Å²) in [6.45, 7) is 1.52. The lowest BCUT2D eigenvalue weighted by atomic mass is 10.1. The van der Waals surface area contributed by atoms with E-state index < -0.39 is 0 Å². The molecule has 0 amide bonds. The van der Waals surface area contributed by atoms with Crippen molar-refractivity contribution in [3.63, 3.8) is 0 Å². The summed E-state index contributed by atoms with van der Waals surface area (Å²) in [5.41, 5.74) is 1.42. The maximum absolute atomic E-state index is 8.97. The van der Waals surface area contributed by atoms with Gasteiger partial charge in [-0.25, -0.2) is 0 Å². The third-order valence-electron chi connectivity index (χ3n) is 2.62. The van der Waals surface area contributed by atoms with Crippen molar-refractivity contribution in [2.45, 2.75) is 18.9 Å². The van der Waals surface area contributed by atoms with Gasteiger partial charge in [-0.15, -0.1) is 0 Å². The Labute approximate surface area is 100.0 Å². The molecular weight excluding hydrogens is 224 g/mol. The van der Waals surface area contributed by atoms with E-state index in [1.165, 1.54) is 0 Å². The lowest BCUT2D eigenvalue weighted by Gasteiger charge is -2.24. The molecule has 0 spiro atoms.